The first-order valence-electron chi connectivity index (χ1n) is 10.6. The second-order valence-electron chi connectivity index (χ2n) is 7.83. The fourth-order valence-corrected chi connectivity index (χ4v) is 4.01. The number of H-pyrrole nitrogens is 1. The highest BCUT2D eigenvalue weighted by molar-refractivity contribution is 5.94. The number of carbonyl (C=O) groups excluding carboxylic acids is 1. The smallest absolute Gasteiger partial charge is 0.269 e. The molecule has 5 rings (SSSR count). The van der Waals surface area contributed by atoms with Gasteiger partial charge in [0.05, 0.1) is 4.92 Å². The molecule has 0 radical (unpaired) electrons. The Morgan fingerprint density at radius 1 is 1.03 bits per heavy atom. The Labute approximate surface area is 189 Å². The van der Waals surface area contributed by atoms with Crippen molar-refractivity contribution in [2.45, 2.75) is 13.0 Å². The van der Waals surface area contributed by atoms with Crippen LogP contribution in [0.4, 0.5) is 5.69 Å². The third-order valence-electron chi connectivity index (χ3n) is 5.75. The Kier molecular flexibility index (Phi) is 5.40. The molecular formula is C25H21N3O5. The zero-order valence-electron chi connectivity index (χ0n) is 17.7. The molecule has 3 aromatic carbocycles. The fourth-order valence-electron chi connectivity index (χ4n) is 4.01. The lowest BCUT2D eigenvalue weighted by Crippen LogP contribution is -2.32. The topological polar surface area (TPSA) is 97.7 Å². The molecule has 1 amide bonds. The van der Waals surface area contributed by atoms with Crippen LogP contribution in [0.25, 0.3) is 10.9 Å². The van der Waals surface area contributed by atoms with E-state index in [1.807, 2.05) is 42.6 Å². The second kappa shape index (κ2) is 8.66. The number of carbonyl (C=O) groups is 1. The first-order valence-corrected chi connectivity index (χ1v) is 10.6. The van der Waals surface area contributed by atoms with E-state index < -0.39 is 4.92 Å². The van der Waals surface area contributed by atoms with E-state index in [4.69, 9.17) is 9.47 Å². The van der Waals surface area contributed by atoms with Crippen LogP contribution in [-0.4, -0.2) is 34.1 Å². The normalized spacial score (nSPS) is 12.1. The maximum absolute atomic E-state index is 13.4. The van der Waals surface area contributed by atoms with E-state index in [1.165, 1.54) is 24.3 Å². The van der Waals surface area contributed by atoms with Gasteiger partial charge in [-0.3, -0.25) is 14.9 Å². The van der Waals surface area contributed by atoms with Crippen LogP contribution in [0.3, 0.4) is 0 Å². The molecule has 4 aromatic rings. The van der Waals surface area contributed by atoms with Gasteiger partial charge in [-0.1, -0.05) is 24.3 Å². The minimum atomic E-state index is -0.477. The Morgan fingerprint density at radius 3 is 2.64 bits per heavy atom. The van der Waals surface area contributed by atoms with Crippen molar-refractivity contribution < 1.29 is 19.2 Å². The molecule has 0 fully saturated rings. The van der Waals surface area contributed by atoms with Crippen molar-refractivity contribution in [2.24, 2.45) is 0 Å². The fraction of sp³-hybridized carbons (Fsp3) is 0.160. The minimum Gasteiger partial charge on any atom is -0.454 e. The van der Waals surface area contributed by atoms with Gasteiger partial charge in [0.25, 0.3) is 11.6 Å². The van der Waals surface area contributed by atoms with Crippen molar-refractivity contribution in [1.29, 1.82) is 0 Å². The number of amides is 1. The zero-order chi connectivity index (χ0) is 22.8. The van der Waals surface area contributed by atoms with Crippen molar-refractivity contribution in [2.75, 3.05) is 13.3 Å². The number of nitrogens with one attached hydrogen (secondary N) is 1. The number of non-ortho nitro benzene ring substituents is 1. The summed E-state index contributed by atoms with van der Waals surface area (Å²) in [5.74, 6) is 1.15. The summed E-state index contributed by atoms with van der Waals surface area (Å²) in [4.78, 5) is 28.9. The van der Waals surface area contributed by atoms with Gasteiger partial charge in [0.15, 0.2) is 11.5 Å². The van der Waals surface area contributed by atoms with Crippen molar-refractivity contribution in [1.82, 2.24) is 9.88 Å². The van der Waals surface area contributed by atoms with Gasteiger partial charge in [-0.15, -0.1) is 0 Å². The molecule has 0 aliphatic carbocycles. The highest BCUT2D eigenvalue weighted by Crippen LogP contribution is 2.33. The summed E-state index contributed by atoms with van der Waals surface area (Å²) in [7, 11) is 0. The predicted molar refractivity (Wildman–Crippen MR) is 122 cm³/mol. The summed E-state index contributed by atoms with van der Waals surface area (Å²) < 4.78 is 10.9. The third kappa shape index (κ3) is 4.23. The molecular weight excluding hydrogens is 422 g/mol. The lowest BCUT2D eigenvalue weighted by Gasteiger charge is -2.23. The van der Waals surface area contributed by atoms with Gasteiger partial charge >= 0.3 is 0 Å². The number of fused-ring (bicyclic) bond motifs is 2. The van der Waals surface area contributed by atoms with Crippen molar-refractivity contribution in [3.8, 4) is 11.5 Å². The molecule has 0 spiro atoms. The van der Waals surface area contributed by atoms with Crippen LogP contribution in [0.5, 0.6) is 11.5 Å². The van der Waals surface area contributed by atoms with Crippen LogP contribution in [0, 0.1) is 10.1 Å². The van der Waals surface area contributed by atoms with E-state index in [-0.39, 0.29) is 18.4 Å². The van der Waals surface area contributed by atoms with Gasteiger partial charge in [-0.05, 0) is 47.9 Å². The highest BCUT2D eigenvalue weighted by atomic mass is 16.7. The summed E-state index contributed by atoms with van der Waals surface area (Å²) in [6.45, 7) is 1.03. The molecule has 0 atom stereocenters. The number of hydrogen-bond donors (Lipinski definition) is 1. The molecule has 1 aromatic heterocycles. The summed E-state index contributed by atoms with van der Waals surface area (Å²) >= 11 is 0. The highest BCUT2D eigenvalue weighted by Gasteiger charge is 2.20. The Bertz CT molecular complexity index is 1330. The van der Waals surface area contributed by atoms with Gasteiger partial charge in [-0.2, -0.15) is 0 Å². The molecule has 0 unspecified atom stereocenters. The summed E-state index contributed by atoms with van der Waals surface area (Å²) in [5.41, 5.74) is 3.44. The van der Waals surface area contributed by atoms with Gasteiger partial charge in [0.2, 0.25) is 6.79 Å². The average Bonchev–Trinajstić information content (AvgIpc) is 3.48. The van der Waals surface area contributed by atoms with Crippen LogP contribution in [-0.2, 0) is 13.0 Å². The number of nitrogens with zero attached hydrogens (tertiary/aromatic N) is 2. The molecule has 1 N–H and O–H groups in total. The summed E-state index contributed by atoms with van der Waals surface area (Å²) in [6.07, 6.45) is 2.63. The number of nitro benzene ring substituents is 1. The van der Waals surface area contributed by atoms with Crippen molar-refractivity contribution in [3.63, 3.8) is 0 Å². The maximum Gasteiger partial charge on any atom is 0.269 e. The standard InChI is InChI=1S/C25H21N3O5/c29-25(18-6-8-20(9-7-18)28(30)31)27(15-17-5-10-23-24(13-17)33-16-32-23)12-11-19-14-26-22-4-2-1-3-21(19)22/h1-10,13-14,26H,11-12,15-16H2. The van der Waals surface area contributed by atoms with Crippen molar-refractivity contribution >= 4 is 22.5 Å². The van der Waals surface area contributed by atoms with Crippen LogP contribution < -0.4 is 9.47 Å². The minimum absolute atomic E-state index is 0.0485. The molecule has 8 nitrogen and oxygen atoms in total. The number of aromatic amines is 1. The largest absolute Gasteiger partial charge is 0.454 e. The zero-order valence-corrected chi connectivity index (χ0v) is 17.7. The molecule has 2 heterocycles. The number of rotatable bonds is 7. The van der Waals surface area contributed by atoms with Crippen LogP contribution in [0.1, 0.15) is 21.5 Å². The van der Waals surface area contributed by atoms with Gasteiger partial charge in [0, 0.05) is 47.9 Å². The molecule has 1 aliphatic heterocycles. The number of benzene rings is 3. The quantitative estimate of drug-likeness (QED) is 0.330. The predicted octanol–water partition coefficient (Wildman–Crippen LogP) is 4.69. The number of hydrogen-bond acceptors (Lipinski definition) is 5. The van der Waals surface area contributed by atoms with E-state index in [9.17, 15) is 14.9 Å². The number of aromatic nitrogens is 1. The average molecular weight is 443 g/mol. The van der Waals surface area contributed by atoms with Gasteiger partial charge < -0.3 is 19.4 Å². The van der Waals surface area contributed by atoms with E-state index >= 15 is 0 Å². The lowest BCUT2D eigenvalue weighted by atomic mass is 10.1. The number of para-hydroxylation sites is 1. The van der Waals surface area contributed by atoms with Crippen LogP contribution in [0.15, 0.2) is 72.9 Å². The Morgan fingerprint density at radius 2 is 1.82 bits per heavy atom. The number of ether oxygens (including phenoxy) is 2. The van der Waals surface area contributed by atoms with E-state index in [2.05, 4.69) is 11.1 Å². The molecule has 166 valence electrons. The molecule has 8 heteroatoms. The Balaban J connectivity index is 1.40. The van der Waals surface area contributed by atoms with E-state index in [0.717, 1.165) is 22.0 Å². The molecule has 0 saturated heterocycles. The van der Waals surface area contributed by atoms with Gasteiger partial charge in [0.1, 0.15) is 0 Å². The summed E-state index contributed by atoms with van der Waals surface area (Å²) in [6, 6.07) is 19.4. The second-order valence-corrected chi connectivity index (χ2v) is 7.83. The maximum atomic E-state index is 13.4. The first-order chi connectivity index (χ1) is 16.1. The Hall–Kier alpha value is -4.33. The molecule has 0 bridgehead atoms. The summed E-state index contributed by atoms with van der Waals surface area (Å²) in [5, 5.41) is 12.1. The van der Waals surface area contributed by atoms with E-state index in [0.29, 0.717) is 36.6 Å². The monoisotopic (exact) mass is 443 g/mol. The molecule has 33 heavy (non-hydrogen) atoms. The van der Waals surface area contributed by atoms with Crippen LogP contribution in [0.2, 0.25) is 0 Å². The molecule has 0 saturated carbocycles. The van der Waals surface area contributed by atoms with Crippen LogP contribution >= 0.6 is 0 Å². The van der Waals surface area contributed by atoms with Gasteiger partial charge in [-0.25, -0.2) is 0 Å². The first kappa shape index (κ1) is 20.6. The van der Waals surface area contributed by atoms with E-state index in [1.54, 1.807) is 4.90 Å². The third-order valence-corrected chi connectivity index (χ3v) is 5.75. The lowest BCUT2D eigenvalue weighted by molar-refractivity contribution is -0.384. The SMILES string of the molecule is O=C(c1ccc([N+](=O)[O-])cc1)N(CCc1c[nH]c2ccccc12)Cc1ccc2c(c1)OCO2. The number of nitro groups is 1. The van der Waals surface area contributed by atoms with Crippen molar-refractivity contribution in [3.05, 3.63) is 99.7 Å². The molecule has 1 aliphatic rings.